The van der Waals surface area contributed by atoms with E-state index in [9.17, 15) is 9.59 Å². The molecule has 0 saturated carbocycles. The van der Waals surface area contributed by atoms with Crippen molar-refractivity contribution in [3.63, 3.8) is 0 Å². The lowest BCUT2D eigenvalue weighted by Gasteiger charge is -2.18. The monoisotopic (exact) mass is 259 g/mol. The molecule has 0 radical (unpaired) electrons. The van der Waals surface area contributed by atoms with E-state index in [1.54, 1.807) is 0 Å². The van der Waals surface area contributed by atoms with E-state index < -0.39 is 0 Å². The molecule has 1 aromatic carbocycles. The number of carbonyl (C=O) groups excluding carboxylic acids is 2. The molecule has 0 spiro atoms. The Morgan fingerprint density at radius 3 is 3.00 bits per heavy atom. The van der Waals surface area contributed by atoms with Gasteiger partial charge in [-0.15, -0.1) is 0 Å². The first-order valence-corrected chi connectivity index (χ1v) is 6.62. The minimum Gasteiger partial charge on any atom is -0.354 e. The number of amides is 2. The van der Waals surface area contributed by atoms with Crippen molar-refractivity contribution in [2.45, 2.75) is 25.4 Å². The van der Waals surface area contributed by atoms with Gasteiger partial charge >= 0.3 is 0 Å². The molecule has 2 amide bonds. The van der Waals surface area contributed by atoms with E-state index in [-0.39, 0.29) is 17.9 Å². The zero-order valence-electron chi connectivity index (χ0n) is 10.7. The summed E-state index contributed by atoms with van der Waals surface area (Å²) in [6.07, 6.45) is 1.39. The Morgan fingerprint density at radius 2 is 2.21 bits per heavy atom. The van der Waals surface area contributed by atoms with Gasteiger partial charge in [-0.1, -0.05) is 6.07 Å². The normalized spacial score (nSPS) is 21.7. The molecule has 5 nitrogen and oxygen atoms in total. The van der Waals surface area contributed by atoms with Crippen molar-refractivity contribution in [3.8, 4) is 0 Å². The van der Waals surface area contributed by atoms with E-state index in [0.717, 1.165) is 19.5 Å². The van der Waals surface area contributed by atoms with Gasteiger partial charge in [-0.3, -0.25) is 9.59 Å². The van der Waals surface area contributed by atoms with Gasteiger partial charge in [-0.05, 0) is 36.2 Å². The van der Waals surface area contributed by atoms with Crippen LogP contribution < -0.4 is 16.0 Å². The van der Waals surface area contributed by atoms with Crippen molar-refractivity contribution < 1.29 is 9.59 Å². The topological polar surface area (TPSA) is 70.2 Å². The average molecular weight is 259 g/mol. The van der Waals surface area contributed by atoms with Crippen molar-refractivity contribution in [1.82, 2.24) is 16.0 Å². The second-order valence-electron chi connectivity index (χ2n) is 5.09. The average Bonchev–Trinajstić information content (AvgIpc) is 2.83. The van der Waals surface area contributed by atoms with E-state index in [1.165, 1.54) is 11.1 Å². The highest BCUT2D eigenvalue weighted by atomic mass is 16.2. The molecule has 1 aromatic rings. The molecular weight excluding hydrogens is 242 g/mol. The Labute approximate surface area is 111 Å². The van der Waals surface area contributed by atoms with Gasteiger partial charge in [0, 0.05) is 25.1 Å². The molecule has 0 aliphatic carbocycles. The summed E-state index contributed by atoms with van der Waals surface area (Å²) in [5.41, 5.74) is 3.18. The maximum atomic E-state index is 12.1. The van der Waals surface area contributed by atoms with E-state index >= 15 is 0 Å². The summed E-state index contributed by atoms with van der Waals surface area (Å²) in [4.78, 5) is 23.2. The number of rotatable bonds is 2. The first kappa shape index (κ1) is 12.2. The highest BCUT2D eigenvalue weighted by Gasteiger charge is 2.23. The fraction of sp³-hybridized carbons (Fsp3) is 0.429. The molecule has 1 unspecified atom stereocenters. The summed E-state index contributed by atoms with van der Waals surface area (Å²) >= 11 is 0. The smallest absolute Gasteiger partial charge is 0.251 e. The molecule has 1 fully saturated rings. The van der Waals surface area contributed by atoms with E-state index in [4.69, 9.17) is 0 Å². The van der Waals surface area contributed by atoms with Gasteiger partial charge in [0.15, 0.2) is 0 Å². The Morgan fingerprint density at radius 1 is 1.32 bits per heavy atom. The van der Waals surface area contributed by atoms with Crippen molar-refractivity contribution in [2.24, 2.45) is 0 Å². The Hall–Kier alpha value is -1.88. The SMILES string of the molecule is O=C1CC(NC(=O)c2ccc3c(c2)CNCC3)CN1. The molecule has 2 aliphatic heterocycles. The van der Waals surface area contributed by atoms with Gasteiger partial charge < -0.3 is 16.0 Å². The van der Waals surface area contributed by atoms with Gasteiger partial charge in [0.2, 0.25) is 5.91 Å². The summed E-state index contributed by atoms with van der Waals surface area (Å²) in [5, 5.41) is 8.90. The summed E-state index contributed by atoms with van der Waals surface area (Å²) < 4.78 is 0. The van der Waals surface area contributed by atoms with E-state index in [1.807, 2.05) is 18.2 Å². The molecule has 0 aromatic heterocycles. The van der Waals surface area contributed by atoms with E-state index in [0.29, 0.717) is 18.5 Å². The van der Waals surface area contributed by atoms with Crippen LogP contribution in [0.15, 0.2) is 18.2 Å². The van der Waals surface area contributed by atoms with Crippen LogP contribution in [0.4, 0.5) is 0 Å². The third-order valence-corrected chi connectivity index (χ3v) is 3.67. The summed E-state index contributed by atoms with van der Waals surface area (Å²) in [7, 11) is 0. The number of benzene rings is 1. The van der Waals surface area contributed by atoms with Crippen molar-refractivity contribution in [1.29, 1.82) is 0 Å². The summed E-state index contributed by atoms with van der Waals surface area (Å²) in [6.45, 7) is 2.34. The minimum absolute atomic E-state index is 0.0000547. The second kappa shape index (κ2) is 5.01. The quantitative estimate of drug-likeness (QED) is 0.697. The first-order chi connectivity index (χ1) is 9.22. The summed E-state index contributed by atoms with van der Waals surface area (Å²) in [6, 6.07) is 5.75. The van der Waals surface area contributed by atoms with Gasteiger partial charge in [0.1, 0.15) is 0 Å². The van der Waals surface area contributed by atoms with E-state index in [2.05, 4.69) is 16.0 Å². The van der Waals surface area contributed by atoms with Gasteiger partial charge in [-0.25, -0.2) is 0 Å². The van der Waals surface area contributed by atoms with Gasteiger partial charge in [0.05, 0.1) is 6.04 Å². The van der Waals surface area contributed by atoms with Crippen LogP contribution in [0.3, 0.4) is 0 Å². The lowest BCUT2D eigenvalue weighted by Crippen LogP contribution is -2.36. The van der Waals surface area contributed by atoms with Crippen LogP contribution in [0.25, 0.3) is 0 Å². The molecule has 3 rings (SSSR count). The van der Waals surface area contributed by atoms with Crippen LogP contribution in [0.2, 0.25) is 0 Å². The van der Waals surface area contributed by atoms with Crippen molar-refractivity contribution >= 4 is 11.8 Å². The zero-order chi connectivity index (χ0) is 13.2. The second-order valence-corrected chi connectivity index (χ2v) is 5.09. The van der Waals surface area contributed by atoms with Crippen molar-refractivity contribution in [2.75, 3.05) is 13.1 Å². The van der Waals surface area contributed by atoms with Crippen LogP contribution in [-0.4, -0.2) is 30.9 Å². The number of carbonyl (C=O) groups is 2. The lowest BCUT2D eigenvalue weighted by molar-refractivity contribution is -0.119. The fourth-order valence-electron chi connectivity index (χ4n) is 2.60. The fourth-order valence-corrected chi connectivity index (χ4v) is 2.60. The van der Waals surface area contributed by atoms with Crippen molar-refractivity contribution in [3.05, 3.63) is 34.9 Å². The predicted molar refractivity (Wildman–Crippen MR) is 70.7 cm³/mol. The maximum Gasteiger partial charge on any atom is 0.251 e. The number of hydrogen-bond donors (Lipinski definition) is 3. The summed E-state index contributed by atoms with van der Waals surface area (Å²) in [5.74, 6) is -0.102. The molecular formula is C14H17N3O2. The van der Waals surface area contributed by atoms with Crippen LogP contribution in [-0.2, 0) is 17.8 Å². The van der Waals surface area contributed by atoms with Crippen LogP contribution in [0, 0.1) is 0 Å². The number of hydrogen-bond acceptors (Lipinski definition) is 3. The third-order valence-electron chi connectivity index (χ3n) is 3.67. The Bertz CT molecular complexity index is 527. The molecule has 100 valence electrons. The zero-order valence-corrected chi connectivity index (χ0v) is 10.7. The standard InChI is InChI=1S/C14H17N3O2/c18-13-6-12(8-16-13)17-14(19)10-2-1-9-3-4-15-7-11(9)5-10/h1-2,5,12,15H,3-4,6-8H2,(H,16,18)(H,17,19). The van der Waals surface area contributed by atoms with Gasteiger partial charge in [-0.2, -0.15) is 0 Å². The lowest BCUT2D eigenvalue weighted by atomic mass is 9.98. The molecule has 0 bridgehead atoms. The highest BCUT2D eigenvalue weighted by Crippen LogP contribution is 2.16. The maximum absolute atomic E-state index is 12.1. The number of fused-ring (bicyclic) bond motifs is 1. The molecule has 1 saturated heterocycles. The molecule has 3 N–H and O–H groups in total. The molecule has 2 aliphatic rings. The predicted octanol–water partition coefficient (Wildman–Crippen LogP) is -0.0494. The Kier molecular flexibility index (Phi) is 3.21. The highest BCUT2D eigenvalue weighted by molar-refractivity contribution is 5.95. The molecule has 1 atom stereocenters. The van der Waals surface area contributed by atoms with Crippen LogP contribution >= 0.6 is 0 Å². The number of nitrogens with one attached hydrogen (secondary N) is 3. The third kappa shape index (κ3) is 2.61. The van der Waals surface area contributed by atoms with Gasteiger partial charge in [0.25, 0.3) is 5.91 Å². The molecule has 19 heavy (non-hydrogen) atoms. The molecule has 2 heterocycles. The van der Waals surface area contributed by atoms with Crippen LogP contribution in [0.5, 0.6) is 0 Å². The minimum atomic E-state index is -0.102. The Balaban J connectivity index is 1.71. The first-order valence-electron chi connectivity index (χ1n) is 6.62. The largest absolute Gasteiger partial charge is 0.354 e. The van der Waals surface area contributed by atoms with Crippen LogP contribution in [0.1, 0.15) is 27.9 Å². The molecule has 5 heteroatoms.